The molecule has 5 rings (SSSR count). The van der Waals surface area contributed by atoms with Gasteiger partial charge in [-0.1, -0.05) is 6.92 Å². The molecule has 1 aromatic carbocycles. The number of carbonyl (C=O) groups is 1. The zero-order valence-electron chi connectivity index (χ0n) is 20.1. The number of carbonyl (C=O) groups excluding carboxylic acids is 1. The molecular weight excluding hydrogens is 440 g/mol. The third kappa shape index (κ3) is 4.96. The third-order valence-electron chi connectivity index (χ3n) is 6.63. The van der Waals surface area contributed by atoms with Crippen molar-refractivity contribution in [2.24, 2.45) is 5.92 Å². The Kier molecular flexibility index (Phi) is 6.61. The van der Waals surface area contributed by atoms with Crippen LogP contribution in [0.25, 0.3) is 16.7 Å². The molecule has 0 bridgehead atoms. The van der Waals surface area contributed by atoms with Crippen LogP contribution in [0.5, 0.6) is 5.75 Å². The van der Waals surface area contributed by atoms with Crippen LogP contribution < -0.4 is 15.0 Å². The van der Waals surface area contributed by atoms with Crippen molar-refractivity contribution in [3.8, 4) is 11.6 Å². The van der Waals surface area contributed by atoms with Crippen LogP contribution in [-0.2, 0) is 6.42 Å². The molecule has 4 aromatic rings. The molecule has 0 aliphatic carbocycles. The summed E-state index contributed by atoms with van der Waals surface area (Å²) in [6.45, 7) is 4.68. The predicted molar refractivity (Wildman–Crippen MR) is 136 cm³/mol. The number of pyridine rings is 1. The lowest BCUT2D eigenvalue weighted by atomic mass is 9.98. The van der Waals surface area contributed by atoms with Crippen molar-refractivity contribution in [1.29, 1.82) is 0 Å². The van der Waals surface area contributed by atoms with Crippen molar-refractivity contribution in [1.82, 2.24) is 24.8 Å². The number of amides is 1. The van der Waals surface area contributed by atoms with E-state index in [0.717, 1.165) is 66.3 Å². The number of piperidine rings is 1. The Morgan fingerprint density at radius 1 is 1.06 bits per heavy atom. The average molecular weight is 471 g/mol. The van der Waals surface area contributed by atoms with Gasteiger partial charge >= 0.3 is 0 Å². The normalized spacial score (nSPS) is 14.3. The number of aromatic nitrogens is 4. The van der Waals surface area contributed by atoms with Gasteiger partial charge in [-0.05, 0) is 67.1 Å². The number of fused-ring (bicyclic) bond motifs is 1. The lowest BCUT2D eigenvalue weighted by Crippen LogP contribution is -2.36. The molecule has 35 heavy (non-hydrogen) atoms. The van der Waals surface area contributed by atoms with E-state index >= 15 is 0 Å². The first kappa shape index (κ1) is 22.8. The fraction of sp³-hybridized carbons (Fsp3) is 0.333. The van der Waals surface area contributed by atoms with Crippen molar-refractivity contribution in [3.05, 3.63) is 72.3 Å². The van der Waals surface area contributed by atoms with Crippen LogP contribution in [0.2, 0.25) is 0 Å². The van der Waals surface area contributed by atoms with Crippen molar-refractivity contribution in [3.63, 3.8) is 0 Å². The van der Waals surface area contributed by atoms with E-state index in [1.54, 1.807) is 13.2 Å². The fourth-order valence-electron chi connectivity index (χ4n) is 4.44. The van der Waals surface area contributed by atoms with Gasteiger partial charge in [-0.25, -0.2) is 15.0 Å². The number of hydrogen-bond acceptors (Lipinski definition) is 6. The molecule has 1 aliphatic rings. The zero-order chi connectivity index (χ0) is 24.2. The molecule has 1 saturated heterocycles. The molecule has 4 heterocycles. The van der Waals surface area contributed by atoms with Gasteiger partial charge in [0.25, 0.3) is 5.91 Å². The standard InChI is InChI=1S/C27H30N6O2/c1-3-19-15-30-27(31-16-19)32-11-8-20(9-12-32)18-35-23-5-7-25(29-17-23)33-13-10-21-14-22(26(34)28-2)4-6-24(21)33/h4-7,10,13-17,20H,3,8-9,11-12,18H2,1-2H3,(H,28,34). The second-order valence-corrected chi connectivity index (χ2v) is 8.88. The topological polar surface area (TPSA) is 85.2 Å². The smallest absolute Gasteiger partial charge is 0.251 e. The Labute approximate surface area is 205 Å². The van der Waals surface area contributed by atoms with Gasteiger partial charge in [0.05, 0.1) is 18.3 Å². The van der Waals surface area contributed by atoms with E-state index in [0.29, 0.717) is 18.1 Å². The van der Waals surface area contributed by atoms with Gasteiger partial charge in [-0.15, -0.1) is 0 Å². The van der Waals surface area contributed by atoms with E-state index in [-0.39, 0.29) is 5.91 Å². The number of rotatable bonds is 7. The Bertz CT molecular complexity index is 1290. The maximum absolute atomic E-state index is 11.9. The Hall–Kier alpha value is -3.94. The monoisotopic (exact) mass is 470 g/mol. The molecule has 180 valence electrons. The van der Waals surface area contributed by atoms with Crippen LogP contribution in [0.4, 0.5) is 5.95 Å². The Morgan fingerprint density at radius 2 is 1.86 bits per heavy atom. The summed E-state index contributed by atoms with van der Waals surface area (Å²) in [5.41, 5.74) is 2.80. The van der Waals surface area contributed by atoms with Gasteiger partial charge < -0.3 is 19.5 Å². The van der Waals surface area contributed by atoms with Crippen molar-refractivity contribution in [2.45, 2.75) is 26.2 Å². The largest absolute Gasteiger partial charge is 0.492 e. The first-order chi connectivity index (χ1) is 17.1. The van der Waals surface area contributed by atoms with Crippen LogP contribution >= 0.6 is 0 Å². The summed E-state index contributed by atoms with van der Waals surface area (Å²) in [6, 6.07) is 11.6. The molecule has 0 spiro atoms. The molecule has 3 aromatic heterocycles. The van der Waals surface area contributed by atoms with E-state index in [1.165, 1.54) is 0 Å². The number of benzene rings is 1. The van der Waals surface area contributed by atoms with Crippen LogP contribution in [0.15, 0.2) is 61.2 Å². The maximum Gasteiger partial charge on any atom is 0.251 e. The van der Waals surface area contributed by atoms with E-state index in [4.69, 9.17) is 4.74 Å². The molecule has 8 nitrogen and oxygen atoms in total. The quantitative estimate of drug-likeness (QED) is 0.439. The maximum atomic E-state index is 11.9. The molecule has 8 heteroatoms. The van der Waals surface area contributed by atoms with E-state index in [9.17, 15) is 4.79 Å². The van der Waals surface area contributed by atoms with Crippen LogP contribution in [0, 0.1) is 5.92 Å². The van der Waals surface area contributed by atoms with E-state index in [1.807, 2.05) is 59.6 Å². The first-order valence-corrected chi connectivity index (χ1v) is 12.1. The highest BCUT2D eigenvalue weighted by Crippen LogP contribution is 2.24. The van der Waals surface area contributed by atoms with Gasteiger partial charge in [0.2, 0.25) is 5.95 Å². The second kappa shape index (κ2) is 10.1. The highest BCUT2D eigenvalue weighted by molar-refractivity contribution is 5.98. The number of nitrogens with one attached hydrogen (secondary N) is 1. The number of nitrogens with zero attached hydrogens (tertiary/aromatic N) is 5. The number of hydrogen-bond donors (Lipinski definition) is 1. The summed E-state index contributed by atoms with van der Waals surface area (Å²) in [5, 5.41) is 3.65. The van der Waals surface area contributed by atoms with E-state index < -0.39 is 0 Å². The minimum absolute atomic E-state index is 0.0936. The molecule has 0 atom stereocenters. The Balaban J connectivity index is 1.16. The summed E-state index contributed by atoms with van der Waals surface area (Å²) >= 11 is 0. The lowest BCUT2D eigenvalue weighted by molar-refractivity contribution is 0.0963. The average Bonchev–Trinajstić information content (AvgIpc) is 3.35. The molecule has 0 unspecified atom stereocenters. The molecule has 1 fully saturated rings. The lowest BCUT2D eigenvalue weighted by Gasteiger charge is -2.31. The Morgan fingerprint density at radius 3 is 2.54 bits per heavy atom. The summed E-state index contributed by atoms with van der Waals surface area (Å²) in [5.74, 6) is 2.81. The molecule has 1 aliphatic heterocycles. The molecule has 1 amide bonds. The van der Waals surface area contributed by atoms with Gasteiger partial charge in [-0.2, -0.15) is 0 Å². The third-order valence-corrected chi connectivity index (χ3v) is 6.63. The van der Waals surface area contributed by atoms with Crippen molar-refractivity contribution >= 4 is 22.8 Å². The van der Waals surface area contributed by atoms with Gasteiger partial charge in [-0.3, -0.25) is 4.79 Å². The van der Waals surface area contributed by atoms with Crippen LogP contribution in [0.1, 0.15) is 35.7 Å². The zero-order valence-corrected chi connectivity index (χ0v) is 20.1. The summed E-state index contributed by atoms with van der Waals surface area (Å²) in [7, 11) is 1.63. The molecular formula is C27H30N6O2. The van der Waals surface area contributed by atoms with Crippen LogP contribution in [0.3, 0.4) is 0 Å². The van der Waals surface area contributed by atoms with Gasteiger partial charge in [0, 0.05) is 49.7 Å². The van der Waals surface area contributed by atoms with Crippen molar-refractivity contribution in [2.75, 3.05) is 31.6 Å². The molecule has 1 N–H and O–H groups in total. The van der Waals surface area contributed by atoms with Gasteiger partial charge in [0.1, 0.15) is 11.6 Å². The summed E-state index contributed by atoms with van der Waals surface area (Å²) < 4.78 is 8.08. The SMILES string of the molecule is CCc1cnc(N2CCC(COc3ccc(-n4ccc5cc(C(=O)NC)ccc54)nc3)CC2)nc1. The van der Waals surface area contributed by atoms with Gasteiger partial charge in [0.15, 0.2) is 0 Å². The van der Waals surface area contributed by atoms with Crippen molar-refractivity contribution < 1.29 is 9.53 Å². The summed E-state index contributed by atoms with van der Waals surface area (Å²) in [4.78, 5) is 27.8. The number of ether oxygens (including phenoxy) is 1. The van der Waals surface area contributed by atoms with Crippen LogP contribution in [-0.4, -0.2) is 52.2 Å². The minimum Gasteiger partial charge on any atom is -0.492 e. The molecule has 0 saturated carbocycles. The highest BCUT2D eigenvalue weighted by Gasteiger charge is 2.21. The highest BCUT2D eigenvalue weighted by atomic mass is 16.5. The molecule has 0 radical (unpaired) electrons. The predicted octanol–water partition coefficient (Wildman–Crippen LogP) is 4.03. The minimum atomic E-state index is -0.0936. The fourth-order valence-corrected chi connectivity index (χ4v) is 4.44. The van der Waals surface area contributed by atoms with E-state index in [2.05, 4.69) is 32.1 Å². The first-order valence-electron chi connectivity index (χ1n) is 12.1. The number of anilines is 1. The number of aryl methyl sites for hydroxylation is 1. The second-order valence-electron chi connectivity index (χ2n) is 8.88. The summed E-state index contributed by atoms with van der Waals surface area (Å²) in [6.07, 6.45) is 10.7.